The molecule has 1 aliphatic heterocycles. The predicted octanol–water partition coefficient (Wildman–Crippen LogP) is -0.116. The fourth-order valence-corrected chi connectivity index (χ4v) is 1.93. The van der Waals surface area contributed by atoms with Crippen LogP contribution in [-0.4, -0.2) is 47.1 Å². The van der Waals surface area contributed by atoms with Crippen LogP contribution >= 0.6 is 0 Å². The zero-order chi connectivity index (χ0) is 12.1. The van der Waals surface area contributed by atoms with E-state index < -0.39 is 6.04 Å². The molecule has 0 bridgehead atoms. The molecule has 0 aromatic rings. The summed E-state index contributed by atoms with van der Waals surface area (Å²) in [6.07, 6.45) is 1.62. The minimum Gasteiger partial charge on any atom is -0.396 e. The number of rotatable bonds is 5. The van der Waals surface area contributed by atoms with Crippen molar-refractivity contribution in [2.24, 2.45) is 0 Å². The van der Waals surface area contributed by atoms with Gasteiger partial charge in [-0.15, -0.1) is 0 Å². The number of likely N-dealkylation sites (tertiary alicyclic amines) is 1. The Labute approximate surface area is 95.8 Å². The fraction of sp³-hybridized carbons (Fsp3) is 0.818. The zero-order valence-electron chi connectivity index (χ0n) is 9.90. The molecular weight excluding hydrogens is 208 g/mol. The Hall–Kier alpha value is -1.10. The van der Waals surface area contributed by atoms with Gasteiger partial charge in [-0.05, 0) is 26.7 Å². The highest BCUT2D eigenvalue weighted by Crippen LogP contribution is 2.16. The minimum absolute atomic E-state index is 0.0114. The summed E-state index contributed by atoms with van der Waals surface area (Å²) >= 11 is 0. The molecule has 1 atom stereocenters. The number of hydrogen-bond acceptors (Lipinski definition) is 3. The van der Waals surface area contributed by atoms with Gasteiger partial charge in [0.15, 0.2) is 0 Å². The molecule has 16 heavy (non-hydrogen) atoms. The van der Waals surface area contributed by atoms with E-state index in [9.17, 15) is 9.59 Å². The molecule has 2 N–H and O–H groups in total. The van der Waals surface area contributed by atoms with Gasteiger partial charge in [-0.2, -0.15) is 0 Å². The van der Waals surface area contributed by atoms with Crippen LogP contribution in [0, 0.1) is 0 Å². The van der Waals surface area contributed by atoms with Gasteiger partial charge >= 0.3 is 0 Å². The first-order valence-corrected chi connectivity index (χ1v) is 5.77. The molecule has 92 valence electrons. The predicted molar refractivity (Wildman–Crippen MR) is 59.7 cm³/mol. The van der Waals surface area contributed by atoms with Crippen LogP contribution in [-0.2, 0) is 9.59 Å². The van der Waals surface area contributed by atoms with E-state index in [4.69, 9.17) is 5.11 Å². The van der Waals surface area contributed by atoms with E-state index in [0.717, 1.165) is 6.42 Å². The van der Waals surface area contributed by atoms with E-state index in [1.54, 1.807) is 4.90 Å². The summed E-state index contributed by atoms with van der Waals surface area (Å²) < 4.78 is 0. The van der Waals surface area contributed by atoms with Gasteiger partial charge in [0.2, 0.25) is 11.8 Å². The largest absolute Gasteiger partial charge is 0.396 e. The van der Waals surface area contributed by atoms with Crippen molar-refractivity contribution < 1.29 is 14.7 Å². The molecule has 1 rings (SSSR count). The molecule has 1 unspecified atom stereocenters. The maximum Gasteiger partial charge on any atom is 0.243 e. The van der Waals surface area contributed by atoms with E-state index in [2.05, 4.69) is 5.32 Å². The second-order valence-electron chi connectivity index (χ2n) is 4.38. The molecule has 0 aromatic heterocycles. The molecule has 0 saturated carbocycles. The molecule has 1 saturated heterocycles. The number of amides is 2. The van der Waals surface area contributed by atoms with E-state index in [1.807, 2.05) is 13.8 Å². The first-order valence-electron chi connectivity index (χ1n) is 5.77. The van der Waals surface area contributed by atoms with Gasteiger partial charge in [0.1, 0.15) is 6.04 Å². The fourth-order valence-electron chi connectivity index (χ4n) is 1.93. The van der Waals surface area contributed by atoms with Gasteiger partial charge in [-0.25, -0.2) is 0 Å². The van der Waals surface area contributed by atoms with E-state index in [0.29, 0.717) is 19.4 Å². The Balaban J connectivity index is 2.65. The Bertz CT molecular complexity index is 266. The van der Waals surface area contributed by atoms with Gasteiger partial charge in [0.05, 0.1) is 0 Å². The van der Waals surface area contributed by atoms with Crippen molar-refractivity contribution in [2.75, 3.05) is 13.2 Å². The number of carbonyl (C=O) groups excluding carboxylic acids is 2. The highest BCUT2D eigenvalue weighted by atomic mass is 16.3. The Morgan fingerprint density at radius 3 is 2.69 bits per heavy atom. The third-order valence-electron chi connectivity index (χ3n) is 2.62. The quantitative estimate of drug-likeness (QED) is 0.689. The molecule has 1 fully saturated rings. The third-order valence-corrected chi connectivity index (χ3v) is 2.62. The van der Waals surface area contributed by atoms with Crippen LogP contribution < -0.4 is 5.32 Å². The molecule has 0 radical (unpaired) electrons. The number of hydrogen-bond donors (Lipinski definition) is 2. The number of aliphatic hydroxyl groups is 1. The van der Waals surface area contributed by atoms with Crippen molar-refractivity contribution in [3.8, 4) is 0 Å². The van der Waals surface area contributed by atoms with Gasteiger partial charge < -0.3 is 15.3 Å². The van der Waals surface area contributed by atoms with Crippen LogP contribution in [0.15, 0.2) is 0 Å². The smallest absolute Gasteiger partial charge is 0.243 e. The molecule has 0 spiro atoms. The summed E-state index contributed by atoms with van der Waals surface area (Å²) in [4.78, 5) is 25.0. The third kappa shape index (κ3) is 3.20. The lowest BCUT2D eigenvalue weighted by atomic mass is 10.1. The SMILES string of the molecule is CC(C)NC(=O)C(CCO)N1CCCC1=O. The molecule has 2 amide bonds. The normalized spacial score (nSPS) is 18.0. The van der Waals surface area contributed by atoms with Crippen LogP contribution in [0.5, 0.6) is 0 Å². The number of nitrogens with zero attached hydrogens (tertiary/aromatic N) is 1. The average Bonchev–Trinajstić information content (AvgIpc) is 2.59. The zero-order valence-corrected chi connectivity index (χ0v) is 9.90. The van der Waals surface area contributed by atoms with Crippen molar-refractivity contribution in [3.05, 3.63) is 0 Å². The van der Waals surface area contributed by atoms with Crippen LogP contribution in [0.3, 0.4) is 0 Å². The minimum atomic E-state index is -0.512. The van der Waals surface area contributed by atoms with Gasteiger partial charge in [-0.1, -0.05) is 0 Å². The Morgan fingerprint density at radius 1 is 1.56 bits per heavy atom. The summed E-state index contributed by atoms with van der Waals surface area (Å²) in [5.74, 6) is -0.156. The van der Waals surface area contributed by atoms with Crippen molar-refractivity contribution >= 4 is 11.8 Å². The molecular formula is C11H20N2O3. The first kappa shape index (κ1) is 13.0. The number of carbonyl (C=O) groups is 2. The highest BCUT2D eigenvalue weighted by molar-refractivity contribution is 5.88. The lowest BCUT2D eigenvalue weighted by Crippen LogP contribution is -2.49. The summed E-state index contributed by atoms with van der Waals surface area (Å²) in [7, 11) is 0. The van der Waals surface area contributed by atoms with Crippen molar-refractivity contribution in [1.82, 2.24) is 10.2 Å². The topological polar surface area (TPSA) is 69.6 Å². The molecule has 0 aliphatic carbocycles. The van der Waals surface area contributed by atoms with Crippen LogP contribution in [0.2, 0.25) is 0 Å². The monoisotopic (exact) mass is 228 g/mol. The first-order chi connectivity index (χ1) is 7.56. The second kappa shape index (κ2) is 5.84. The number of nitrogens with one attached hydrogen (secondary N) is 1. The van der Waals surface area contributed by atoms with Crippen LogP contribution in [0.25, 0.3) is 0 Å². The van der Waals surface area contributed by atoms with Gasteiger partial charge in [0, 0.05) is 25.6 Å². The van der Waals surface area contributed by atoms with Crippen molar-refractivity contribution in [3.63, 3.8) is 0 Å². The van der Waals surface area contributed by atoms with Gasteiger partial charge in [0.25, 0.3) is 0 Å². The van der Waals surface area contributed by atoms with Gasteiger partial charge in [-0.3, -0.25) is 9.59 Å². The lowest BCUT2D eigenvalue weighted by molar-refractivity contribution is -0.138. The average molecular weight is 228 g/mol. The molecule has 1 heterocycles. The maximum atomic E-state index is 11.9. The van der Waals surface area contributed by atoms with Crippen LogP contribution in [0.4, 0.5) is 0 Å². The summed E-state index contributed by atoms with van der Waals surface area (Å²) in [5.41, 5.74) is 0. The van der Waals surface area contributed by atoms with Crippen LogP contribution in [0.1, 0.15) is 33.1 Å². The standard InChI is InChI=1S/C11H20N2O3/c1-8(2)12-11(16)9(5-7-14)13-6-3-4-10(13)15/h8-9,14H,3-7H2,1-2H3,(H,12,16). The maximum absolute atomic E-state index is 11.9. The summed E-state index contributed by atoms with van der Waals surface area (Å²) in [6.45, 7) is 4.29. The van der Waals surface area contributed by atoms with E-state index in [1.165, 1.54) is 0 Å². The van der Waals surface area contributed by atoms with Crippen molar-refractivity contribution in [1.29, 1.82) is 0 Å². The molecule has 0 aromatic carbocycles. The highest BCUT2D eigenvalue weighted by Gasteiger charge is 2.32. The second-order valence-corrected chi connectivity index (χ2v) is 4.38. The summed E-state index contributed by atoms with van der Waals surface area (Å²) in [5, 5.41) is 11.7. The van der Waals surface area contributed by atoms with E-state index >= 15 is 0 Å². The lowest BCUT2D eigenvalue weighted by Gasteiger charge is -2.27. The Kier molecular flexibility index (Phi) is 4.73. The molecule has 5 heteroatoms. The Morgan fingerprint density at radius 2 is 2.25 bits per heavy atom. The molecule has 1 aliphatic rings. The van der Waals surface area contributed by atoms with Crippen molar-refractivity contribution in [2.45, 2.75) is 45.2 Å². The molecule has 5 nitrogen and oxygen atoms in total. The number of aliphatic hydroxyl groups excluding tert-OH is 1. The van der Waals surface area contributed by atoms with E-state index in [-0.39, 0.29) is 24.5 Å². The summed E-state index contributed by atoms with van der Waals surface area (Å²) in [6, 6.07) is -0.464.